The van der Waals surface area contributed by atoms with Crippen LogP contribution in [0.2, 0.25) is 0 Å². The van der Waals surface area contributed by atoms with E-state index in [1.807, 2.05) is 45.0 Å². The molecule has 4 heteroatoms. The van der Waals surface area contributed by atoms with Crippen LogP contribution in [0.5, 0.6) is 5.75 Å². The molecular weight excluding hydrogens is 228 g/mol. The third-order valence-electron chi connectivity index (χ3n) is 2.30. The van der Waals surface area contributed by atoms with E-state index in [-0.39, 0.29) is 5.91 Å². The SMILES string of the molecule is Cc1cccc(OCCNC(=O)CC(C)(C)N)c1. The van der Waals surface area contributed by atoms with Crippen LogP contribution >= 0.6 is 0 Å². The van der Waals surface area contributed by atoms with Crippen LogP contribution in [-0.2, 0) is 4.79 Å². The standard InChI is InChI=1S/C14H22N2O2/c1-11-5-4-6-12(9-11)18-8-7-16-13(17)10-14(2,3)15/h4-6,9H,7-8,10,15H2,1-3H3,(H,16,17). The second kappa shape index (κ2) is 6.40. The van der Waals surface area contributed by atoms with Gasteiger partial charge in [0.25, 0.3) is 0 Å². The zero-order chi connectivity index (χ0) is 13.6. The van der Waals surface area contributed by atoms with Crippen LogP contribution in [-0.4, -0.2) is 24.6 Å². The predicted octanol–water partition coefficient (Wildman–Crippen LogP) is 1.62. The number of carbonyl (C=O) groups is 1. The molecule has 0 bridgehead atoms. The molecule has 1 aromatic rings. The average molecular weight is 250 g/mol. The van der Waals surface area contributed by atoms with Gasteiger partial charge in [-0.3, -0.25) is 4.79 Å². The first-order valence-electron chi connectivity index (χ1n) is 6.12. The Bertz CT molecular complexity index is 397. The second-order valence-corrected chi connectivity index (χ2v) is 5.18. The quantitative estimate of drug-likeness (QED) is 0.754. The minimum absolute atomic E-state index is 0.0460. The number of carbonyl (C=O) groups excluding carboxylic acids is 1. The molecule has 0 atom stereocenters. The van der Waals surface area contributed by atoms with Crippen molar-refractivity contribution in [2.75, 3.05) is 13.2 Å². The number of hydrogen-bond donors (Lipinski definition) is 2. The number of rotatable bonds is 6. The van der Waals surface area contributed by atoms with Crippen molar-refractivity contribution in [3.63, 3.8) is 0 Å². The number of ether oxygens (including phenoxy) is 1. The lowest BCUT2D eigenvalue weighted by atomic mass is 10.0. The van der Waals surface area contributed by atoms with Crippen molar-refractivity contribution in [1.82, 2.24) is 5.32 Å². The van der Waals surface area contributed by atoms with Gasteiger partial charge in [0.05, 0.1) is 6.54 Å². The van der Waals surface area contributed by atoms with Crippen molar-refractivity contribution in [3.05, 3.63) is 29.8 Å². The molecule has 0 aliphatic heterocycles. The minimum Gasteiger partial charge on any atom is -0.492 e. The lowest BCUT2D eigenvalue weighted by Gasteiger charge is -2.17. The van der Waals surface area contributed by atoms with Crippen molar-refractivity contribution in [2.24, 2.45) is 5.73 Å². The largest absolute Gasteiger partial charge is 0.492 e. The number of benzene rings is 1. The normalized spacial score (nSPS) is 11.1. The summed E-state index contributed by atoms with van der Waals surface area (Å²) in [5.41, 5.74) is 6.44. The van der Waals surface area contributed by atoms with Crippen molar-refractivity contribution >= 4 is 5.91 Å². The maximum Gasteiger partial charge on any atom is 0.221 e. The average Bonchev–Trinajstić information content (AvgIpc) is 2.22. The van der Waals surface area contributed by atoms with E-state index < -0.39 is 5.54 Å². The monoisotopic (exact) mass is 250 g/mol. The van der Waals surface area contributed by atoms with Crippen LogP contribution in [0, 0.1) is 6.92 Å². The van der Waals surface area contributed by atoms with Gasteiger partial charge in [-0.15, -0.1) is 0 Å². The molecule has 0 aliphatic carbocycles. The van der Waals surface area contributed by atoms with Gasteiger partial charge in [0.2, 0.25) is 5.91 Å². The van der Waals surface area contributed by atoms with Crippen molar-refractivity contribution < 1.29 is 9.53 Å². The van der Waals surface area contributed by atoms with Crippen LogP contribution in [0.1, 0.15) is 25.8 Å². The molecule has 18 heavy (non-hydrogen) atoms. The van der Waals surface area contributed by atoms with Crippen molar-refractivity contribution in [2.45, 2.75) is 32.7 Å². The van der Waals surface area contributed by atoms with E-state index in [0.29, 0.717) is 19.6 Å². The smallest absolute Gasteiger partial charge is 0.221 e. The highest BCUT2D eigenvalue weighted by Crippen LogP contribution is 2.11. The van der Waals surface area contributed by atoms with Gasteiger partial charge in [0, 0.05) is 12.0 Å². The Kier molecular flexibility index (Phi) is 5.16. The van der Waals surface area contributed by atoms with Gasteiger partial charge < -0.3 is 15.8 Å². The molecule has 1 rings (SSSR count). The van der Waals surface area contributed by atoms with Crippen LogP contribution in [0.4, 0.5) is 0 Å². The Morgan fingerprint density at radius 2 is 2.17 bits per heavy atom. The maximum absolute atomic E-state index is 11.5. The van der Waals surface area contributed by atoms with E-state index in [9.17, 15) is 4.79 Å². The zero-order valence-corrected chi connectivity index (χ0v) is 11.3. The lowest BCUT2D eigenvalue weighted by Crippen LogP contribution is -2.40. The molecule has 0 saturated heterocycles. The highest BCUT2D eigenvalue weighted by atomic mass is 16.5. The van der Waals surface area contributed by atoms with Crippen LogP contribution in [0.25, 0.3) is 0 Å². The molecule has 1 amide bonds. The Morgan fingerprint density at radius 3 is 2.78 bits per heavy atom. The summed E-state index contributed by atoms with van der Waals surface area (Å²) in [6.45, 7) is 6.62. The summed E-state index contributed by atoms with van der Waals surface area (Å²) in [4.78, 5) is 11.5. The van der Waals surface area contributed by atoms with Gasteiger partial charge in [-0.1, -0.05) is 12.1 Å². The maximum atomic E-state index is 11.5. The lowest BCUT2D eigenvalue weighted by molar-refractivity contribution is -0.122. The number of amides is 1. The van der Waals surface area contributed by atoms with Crippen molar-refractivity contribution in [3.8, 4) is 5.75 Å². The summed E-state index contributed by atoms with van der Waals surface area (Å²) in [5.74, 6) is 0.777. The van der Waals surface area contributed by atoms with Crippen LogP contribution in [0.15, 0.2) is 24.3 Å². The highest BCUT2D eigenvalue weighted by molar-refractivity contribution is 5.77. The van der Waals surface area contributed by atoms with Gasteiger partial charge in [0.1, 0.15) is 12.4 Å². The molecule has 3 N–H and O–H groups in total. The van der Waals surface area contributed by atoms with E-state index in [1.165, 1.54) is 0 Å². The molecule has 1 aromatic carbocycles. The molecule has 0 unspecified atom stereocenters. The first-order valence-corrected chi connectivity index (χ1v) is 6.12. The highest BCUT2D eigenvalue weighted by Gasteiger charge is 2.15. The van der Waals surface area contributed by atoms with E-state index >= 15 is 0 Å². The number of nitrogens with two attached hydrogens (primary N) is 1. The van der Waals surface area contributed by atoms with Gasteiger partial charge in [-0.2, -0.15) is 0 Å². The third-order valence-corrected chi connectivity index (χ3v) is 2.30. The summed E-state index contributed by atoms with van der Waals surface area (Å²) in [6.07, 6.45) is 0.317. The van der Waals surface area contributed by atoms with Crippen LogP contribution in [0.3, 0.4) is 0 Å². The van der Waals surface area contributed by atoms with E-state index in [0.717, 1.165) is 11.3 Å². The molecule has 0 heterocycles. The summed E-state index contributed by atoms with van der Waals surface area (Å²) in [5, 5.41) is 2.78. The second-order valence-electron chi connectivity index (χ2n) is 5.18. The predicted molar refractivity (Wildman–Crippen MR) is 72.6 cm³/mol. The molecule has 0 radical (unpaired) electrons. The van der Waals surface area contributed by atoms with Crippen LogP contribution < -0.4 is 15.8 Å². The van der Waals surface area contributed by atoms with Gasteiger partial charge in [0.15, 0.2) is 0 Å². The summed E-state index contributed by atoms with van der Waals surface area (Å²) >= 11 is 0. The fourth-order valence-corrected chi connectivity index (χ4v) is 1.54. The number of hydrogen-bond acceptors (Lipinski definition) is 3. The molecule has 0 aromatic heterocycles. The Hall–Kier alpha value is -1.55. The fraction of sp³-hybridized carbons (Fsp3) is 0.500. The molecule has 0 saturated carbocycles. The zero-order valence-electron chi connectivity index (χ0n) is 11.3. The summed E-state index contributed by atoms with van der Waals surface area (Å²) in [6, 6.07) is 7.82. The Balaban J connectivity index is 2.21. The molecule has 4 nitrogen and oxygen atoms in total. The first kappa shape index (κ1) is 14.5. The summed E-state index contributed by atoms with van der Waals surface area (Å²) in [7, 11) is 0. The topological polar surface area (TPSA) is 64.3 Å². The molecular formula is C14H22N2O2. The first-order chi connectivity index (χ1) is 8.37. The van der Waals surface area contributed by atoms with Gasteiger partial charge in [-0.25, -0.2) is 0 Å². The van der Waals surface area contributed by atoms with Gasteiger partial charge in [-0.05, 0) is 38.5 Å². The fourth-order valence-electron chi connectivity index (χ4n) is 1.54. The molecule has 100 valence electrons. The third kappa shape index (κ3) is 6.25. The molecule has 0 aliphatic rings. The van der Waals surface area contributed by atoms with E-state index in [1.54, 1.807) is 0 Å². The van der Waals surface area contributed by atoms with Crippen molar-refractivity contribution in [1.29, 1.82) is 0 Å². The number of nitrogens with one attached hydrogen (secondary N) is 1. The Labute approximate surface area is 109 Å². The molecule has 0 fully saturated rings. The molecule has 0 spiro atoms. The van der Waals surface area contributed by atoms with E-state index in [2.05, 4.69) is 5.32 Å². The summed E-state index contributed by atoms with van der Waals surface area (Å²) < 4.78 is 5.52. The van der Waals surface area contributed by atoms with Gasteiger partial charge >= 0.3 is 0 Å². The van der Waals surface area contributed by atoms with E-state index in [4.69, 9.17) is 10.5 Å². The Morgan fingerprint density at radius 1 is 1.44 bits per heavy atom. The minimum atomic E-state index is -0.471. The number of aryl methyl sites for hydroxylation is 1.